The van der Waals surface area contributed by atoms with Crippen molar-refractivity contribution in [3.05, 3.63) is 35.9 Å². The first-order valence-corrected chi connectivity index (χ1v) is 3.88. The van der Waals surface area contributed by atoms with Gasteiger partial charge in [0.2, 0.25) is 0 Å². The third-order valence-corrected chi connectivity index (χ3v) is 1.82. The topological polar surface area (TPSA) is 25.8 Å². The first-order valence-electron chi connectivity index (χ1n) is 3.88. The van der Waals surface area contributed by atoms with Crippen LogP contribution in [0, 0.1) is 12.0 Å². The van der Waals surface area contributed by atoms with Crippen molar-refractivity contribution >= 4 is 11.0 Å². The molecule has 1 aromatic carbocycles. The van der Waals surface area contributed by atoms with Gasteiger partial charge in [-0.15, -0.1) is 0 Å². The number of halogens is 4. The summed E-state index contributed by atoms with van der Waals surface area (Å²) in [4.78, 5) is 7.18. The van der Waals surface area contributed by atoms with Crippen LogP contribution in [0.25, 0.3) is 11.0 Å². The Morgan fingerprint density at radius 3 is 2.53 bits per heavy atom. The van der Waals surface area contributed by atoms with E-state index in [0.29, 0.717) is 12.1 Å². The molecule has 0 bridgehead atoms. The fourth-order valence-electron chi connectivity index (χ4n) is 1.16. The first kappa shape index (κ1) is 9.82. The molecule has 0 spiro atoms. The summed E-state index contributed by atoms with van der Waals surface area (Å²) in [6.45, 7) is 0. The summed E-state index contributed by atoms with van der Waals surface area (Å²) in [7, 11) is 0. The fraction of sp³-hybridized carbons (Fsp3) is 0.111. The molecule has 2 aromatic rings. The quantitative estimate of drug-likeness (QED) is 0.631. The molecule has 0 N–H and O–H groups in total. The van der Waals surface area contributed by atoms with E-state index in [4.69, 9.17) is 0 Å². The summed E-state index contributed by atoms with van der Waals surface area (Å²) in [5.41, 5.74) is -1.30. The molecule has 2 nitrogen and oxygen atoms in total. The van der Waals surface area contributed by atoms with Crippen LogP contribution in [-0.4, -0.2) is 9.97 Å². The lowest BCUT2D eigenvalue weighted by molar-refractivity contribution is -0.139. The Labute approximate surface area is 81.6 Å². The van der Waals surface area contributed by atoms with Gasteiger partial charge in [-0.3, -0.25) is 4.98 Å². The van der Waals surface area contributed by atoms with Crippen LogP contribution in [0.5, 0.6) is 0 Å². The maximum Gasteiger partial charge on any atom is 0.419 e. The smallest absolute Gasteiger partial charge is 0.252 e. The molecule has 6 heteroatoms. The van der Waals surface area contributed by atoms with Crippen LogP contribution < -0.4 is 0 Å². The van der Waals surface area contributed by atoms with Gasteiger partial charge in [0.1, 0.15) is 12.0 Å². The van der Waals surface area contributed by atoms with Crippen molar-refractivity contribution in [2.45, 2.75) is 6.18 Å². The third kappa shape index (κ3) is 1.74. The lowest BCUT2D eigenvalue weighted by Gasteiger charge is -2.07. The maximum absolute atomic E-state index is 13.0. The van der Waals surface area contributed by atoms with Gasteiger partial charge in [0, 0.05) is 6.07 Å². The van der Waals surface area contributed by atoms with E-state index in [-0.39, 0.29) is 11.0 Å². The Morgan fingerprint density at radius 2 is 1.87 bits per heavy atom. The molecule has 1 radical (unpaired) electrons. The highest BCUT2D eigenvalue weighted by atomic mass is 19.4. The summed E-state index contributed by atoms with van der Waals surface area (Å²) in [6.07, 6.45) is -1.29. The minimum absolute atomic E-state index is 0.0116. The Balaban J connectivity index is 2.73. The lowest BCUT2D eigenvalue weighted by Crippen LogP contribution is -2.08. The number of hydrogen-bond donors (Lipinski definition) is 0. The van der Waals surface area contributed by atoms with Crippen LogP contribution in [0.3, 0.4) is 0 Å². The minimum Gasteiger partial charge on any atom is -0.252 e. The van der Waals surface area contributed by atoms with Crippen LogP contribution in [0.2, 0.25) is 0 Å². The van der Waals surface area contributed by atoms with Gasteiger partial charge in [0.05, 0.1) is 22.8 Å². The zero-order valence-electron chi connectivity index (χ0n) is 7.14. The highest BCUT2D eigenvalue weighted by Crippen LogP contribution is 2.32. The van der Waals surface area contributed by atoms with E-state index >= 15 is 0 Å². The number of benzene rings is 1. The van der Waals surface area contributed by atoms with Crippen LogP contribution in [0.15, 0.2) is 18.3 Å². The summed E-state index contributed by atoms with van der Waals surface area (Å²) >= 11 is 0. The van der Waals surface area contributed by atoms with Gasteiger partial charge in [-0.1, -0.05) is 0 Å². The first-order chi connectivity index (χ1) is 6.98. The van der Waals surface area contributed by atoms with Gasteiger partial charge in [0.25, 0.3) is 0 Å². The molecule has 2 rings (SSSR count). The molecule has 0 aliphatic heterocycles. The number of alkyl halides is 3. The van der Waals surface area contributed by atoms with Gasteiger partial charge in [-0.2, -0.15) is 13.2 Å². The van der Waals surface area contributed by atoms with Gasteiger partial charge in [-0.25, -0.2) is 9.37 Å². The normalized spacial score (nSPS) is 12.0. The number of fused-ring (bicyclic) bond motifs is 1. The summed E-state index contributed by atoms with van der Waals surface area (Å²) in [5, 5.41) is 0. The van der Waals surface area contributed by atoms with E-state index in [9.17, 15) is 17.6 Å². The van der Waals surface area contributed by atoms with Crippen molar-refractivity contribution in [1.82, 2.24) is 9.97 Å². The molecule has 0 aliphatic carbocycles. The van der Waals surface area contributed by atoms with E-state index in [1.807, 2.05) is 0 Å². The monoisotopic (exact) mass is 215 g/mol. The van der Waals surface area contributed by atoms with E-state index in [2.05, 4.69) is 16.2 Å². The molecule has 0 aliphatic rings. The van der Waals surface area contributed by atoms with Crippen LogP contribution in [0.4, 0.5) is 17.6 Å². The number of hydrogen-bond acceptors (Lipinski definition) is 2. The molecular weight excluding hydrogens is 212 g/mol. The Morgan fingerprint density at radius 1 is 1.13 bits per heavy atom. The molecule has 0 amide bonds. The van der Waals surface area contributed by atoms with Gasteiger partial charge in [-0.05, 0) is 6.07 Å². The van der Waals surface area contributed by atoms with E-state index in [1.54, 1.807) is 0 Å². The molecule has 1 aromatic heterocycles. The largest absolute Gasteiger partial charge is 0.419 e. The molecule has 0 saturated heterocycles. The second-order valence-electron chi connectivity index (χ2n) is 2.82. The predicted molar refractivity (Wildman–Crippen MR) is 43.3 cm³/mol. The number of nitrogens with zero attached hydrogens (tertiary/aromatic N) is 2. The van der Waals surface area contributed by atoms with Crippen molar-refractivity contribution in [2.75, 3.05) is 0 Å². The fourth-order valence-corrected chi connectivity index (χ4v) is 1.16. The highest BCUT2D eigenvalue weighted by Gasteiger charge is 2.34. The Hall–Kier alpha value is -1.72. The van der Waals surface area contributed by atoms with Crippen molar-refractivity contribution < 1.29 is 17.6 Å². The Kier molecular flexibility index (Phi) is 2.06. The van der Waals surface area contributed by atoms with Crippen LogP contribution in [0.1, 0.15) is 5.56 Å². The standard InChI is InChI=1S/C9H3F4N2/c10-6-4-8-7(14-1-2-15-8)3-5(6)9(11,12)13/h1,3-4H. The molecule has 1 heterocycles. The zero-order chi connectivity index (χ0) is 11.1. The third-order valence-electron chi connectivity index (χ3n) is 1.82. The molecule has 0 unspecified atom stereocenters. The van der Waals surface area contributed by atoms with Gasteiger partial charge >= 0.3 is 6.18 Å². The molecule has 0 saturated carbocycles. The van der Waals surface area contributed by atoms with Gasteiger partial charge < -0.3 is 0 Å². The summed E-state index contributed by atoms with van der Waals surface area (Å²) in [6, 6.07) is 1.33. The van der Waals surface area contributed by atoms with E-state index in [0.717, 1.165) is 6.20 Å². The van der Waals surface area contributed by atoms with E-state index < -0.39 is 17.6 Å². The van der Waals surface area contributed by atoms with Gasteiger partial charge in [0.15, 0.2) is 0 Å². The molecular formula is C9H3F4N2. The second-order valence-corrected chi connectivity index (χ2v) is 2.82. The molecule has 0 fully saturated rings. The SMILES string of the molecule is Fc1cc2n[c]cnc2cc1C(F)(F)F. The highest BCUT2D eigenvalue weighted by molar-refractivity contribution is 5.74. The van der Waals surface area contributed by atoms with Crippen molar-refractivity contribution in [2.24, 2.45) is 0 Å². The average Bonchev–Trinajstić information content (AvgIpc) is 2.15. The van der Waals surface area contributed by atoms with Crippen molar-refractivity contribution in [1.29, 1.82) is 0 Å². The predicted octanol–water partition coefficient (Wildman–Crippen LogP) is 2.59. The second kappa shape index (κ2) is 3.15. The van der Waals surface area contributed by atoms with E-state index in [1.165, 1.54) is 0 Å². The Bertz CT molecular complexity index is 507. The molecule has 0 atom stereocenters. The average molecular weight is 215 g/mol. The lowest BCUT2D eigenvalue weighted by atomic mass is 10.1. The van der Waals surface area contributed by atoms with Crippen LogP contribution >= 0.6 is 0 Å². The van der Waals surface area contributed by atoms with Crippen LogP contribution in [-0.2, 0) is 6.18 Å². The summed E-state index contributed by atoms with van der Waals surface area (Å²) in [5.74, 6) is -1.36. The molecule has 77 valence electrons. The molecule has 15 heavy (non-hydrogen) atoms. The number of rotatable bonds is 0. The maximum atomic E-state index is 13.0. The van der Waals surface area contributed by atoms with Crippen molar-refractivity contribution in [3.8, 4) is 0 Å². The summed E-state index contributed by atoms with van der Waals surface area (Å²) < 4.78 is 49.9. The zero-order valence-corrected chi connectivity index (χ0v) is 7.14. The minimum atomic E-state index is -4.72. The number of aromatic nitrogens is 2. The van der Waals surface area contributed by atoms with Crippen molar-refractivity contribution in [3.63, 3.8) is 0 Å².